The molecule has 0 bridgehead atoms. The van der Waals surface area contributed by atoms with Gasteiger partial charge in [0, 0.05) is 4.88 Å². The van der Waals surface area contributed by atoms with Crippen LogP contribution in [0.1, 0.15) is 43.2 Å². The van der Waals surface area contributed by atoms with Crippen molar-refractivity contribution in [2.75, 3.05) is 0 Å². The van der Waals surface area contributed by atoms with Crippen LogP contribution in [0.2, 0.25) is 0 Å². The third-order valence-corrected chi connectivity index (χ3v) is 9.24. The van der Waals surface area contributed by atoms with Gasteiger partial charge in [-0.1, -0.05) is 73.9 Å². The Bertz CT molecular complexity index is 998. The first-order valence-corrected chi connectivity index (χ1v) is 12.0. The third kappa shape index (κ3) is 4.17. The van der Waals surface area contributed by atoms with Crippen LogP contribution in [0.3, 0.4) is 0 Å². The first-order chi connectivity index (χ1) is 13.1. The van der Waals surface area contributed by atoms with Crippen molar-refractivity contribution in [2.45, 2.75) is 48.0 Å². The van der Waals surface area contributed by atoms with E-state index in [4.69, 9.17) is 0 Å². The van der Waals surface area contributed by atoms with E-state index < -0.39 is 9.84 Å². The van der Waals surface area contributed by atoms with Gasteiger partial charge in [-0.25, -0.2) is 8.42 Å². The van der Waals surface area contributed by atoms with Gasteiger partial charge in [-0.2, -0.15) is 0 Å². The number of benzene rings is 2. The van der Waals surface area contributed by atoms with Crippen molar-refractivity contribution < 1.29 is 8.42 Å². The van der Waals surface area contributed by atoms with E-state index in [1.54, 1.807) is 6.07 Å². The van der Waals surface area contributed by atoms with Crippen LogP contribution in [-0.2, 0) is 16.3 Å². The maximum Gasteiger partial charge on any atom is 0.190 e. The third-order valence-electron chi connectivity index (χ3n) is 5.32. The summed E-state index contributed by atoms with van der Waals surface area (Å²) >= 11 is 1.41. The molecule has 0 aliphatic heterocycles. The van der Waals surface area contributed by atoms with E-state index in [-0.39, 0.29) is 5.25 Å². The monoisotopic (exact) mass is 396 g/mol. The summed E-state index contributed by atoms with van der Waals surface area (Å²) in [5, 5.41) is -0.192. The minimum atomic E-state index is -3.19. The highest BCUT2D eigenvalue weighted by atomic mass is 32.2. The highest BCUT2D eigenvalue weighted by Crippen LogP contribution is 2.36. The molecule has 1 aliphatic rings. The maximum absolute atomic E-state index is 13.0. The molecule has 3 aromatic rings. The molecule has 1 fully saturated rings. The van der Waals surface area contributed by atoms with Crippen molar-refractivity contribution in [1.29, 1.82) is 0 Å². The maximum atomic E-state index is 13.0. The molecule has 2 nitrogen and oxygen atoms in total. The quantitative estimate of drug-likeness (QED) is 0.521. The van der Waals surface area contributed by atoms with E-state index in [9.17, 15) is 8.42 Å². The molecule has 0 atom stereocenters. The minimum absolute atomic E-state index is 0.192. The highest BCUT2D eigenvalue weighted by molar-refractivity contribution is 7.94. The zero-order valence-electron chi connectivity index (χ0n) is 15.3. The first-order valence-electron chi connectivity index (χ1n) is 9.60. The molecule has 0 amide bonds. The molecule has 0 unspecified atom stereocenters. The van der Waals surface area contributed by atoms with Crippen molar-refractivity contribution in [3.63, 3.8) is 0 Å². The van der Waals surface area contributed by atoms with E-state index >= 15 is 0 Å². The minimum Gasteiger partial charge on any atom is -0.223 e. The summed E-state index contributed by atoms with van der Waals surface area (Å²) in [4.78, 5) is 1.03. The van der Waals surface area contributed by atoms with Gasteiger partial charge in [-0.15, -0.1) is 11.3 Å². The predicted octanol–water partition coefficient (Wildman–Crippen LogP) is 6.11. The summed E-state index contributed by atoms with van der Waals surface area (Å²) in [5.41, 5.74) is 3.61. The lowest BCUT2D eigenvalue weighted by atomic mass is 10.0. The Balaban J connectivity index is 1.57. The second-order valence-corrected chi connectivity index (χ2v) is 10.8. The van der Waals surface area contributed by atoms with Crippen LogP contribution in [0.25, 0.3) is 10.4 Å². The Morgan fingerprint density at radius 2 is 1.56 bits per heavy atom. The average molecular weight is 397 g/mol. The normalized spacial score (nSPS) is 15.7. The van der Waals surface area contributed by atoms with Crippen molar-refractivity contribution in [3.05, 3.63) is 77.9 Å². The molecule has 2 aromatic carbocycles. The fraction of sp³-hybridized carbons (Fsp3) is 0.304. The van der Waals surface area contributed by atoms with Gasteiger partial charge in [-0.05, 0) is 48.1 Å². The van der Waals surface area contributed by atoms with Gasteiger partial charge < -0.3 is 0 Å². The van der Waals surface area contributed by atoms with E-state index in [1.807, 2.05) is 12.1 Å². The smallest absolute Gasteiger partial charge is 0.190 e. The van der Waals surface area contributed by atoms with Gasteiger partial charge in [0.2, 0.25) is 0 Å². The van der Waals surface area contributed by atoms with Crippen LogP contribution < -0.4 is 0 Å². The van der Waals surface area contributed by atoms with Crippen LogP contribution in [0, 0.1) is 0 Å². The van der Waals surface area contributed by atoms with Gasteiger partial charge in [0.1, 0.15) is 4.21 Å². The molecule has 0 radical (unpaired) electrons. The Hall–Kier alpha value is -1.91. The van der Waals surface area contributed by atoms with Crippen LogP contribution in [0.4, 0.5) is 0 Å². The summed E-state index contributed by atoms with van der Waals surface area (Å²) in [7, 11) is -3.19. The number of hydrogen-bond donors (Lipinski definition) is 0. The van der Waals surface area contributed by atoms with E-state index in [1.165, 1.54) is 22.5 Å². The van der Waals surface area contributed by atoms with Crippen LogP contribution in [0.15, 0.2) is 70.9 Å². The summed E-state index contributed by atoms with van der Waals surface area (Å²) < 4.78 is 26.4. The second-order valence-electron chi connectivity index (χ2n) is 7.29. The SMILES string of the molecule is O=S(=O)(c1ccc(-c2cccc(Cc3ccccc3)c2)s1)C1CCCCC1. The van der Waals surface area contributed by atoms with Gasteiger partial charge in [-0.3, -0.25) is 0 Å². The predicted molar refractivity (Wildman–Crippen MR) is 113 cm³/mol. The molecule has 140 valence electrons. The Labute approximate surface area is 165 Å². The van der Waals surface area contributed by atoms with E-state index in [2.05, 4.69) is 48.5 Å². The standard InChI is InChI=1S/C23H24O2S2/c24-27(25,21-12-5-2-6-13-21)23-15-14-22(26-23)20-11-7-10-19(17-20)16-18-8-3-1-4-9-18/h1,3-4,7-11,14-15,17,21H,2,5-6,12-13,16H2. The number of sulfone groups is 1. The zero-order chi connectivity index (χ0) is 18.7. The van der Waals surface area contributed by atoms with Crippen molar-refractivity contribution in [3.8, 4) is 10.4 Å². The van der Waals surface area contributed by atoms with Crippen LogP contribution >= 0.6 is 11.3 Å². The van der Waals surface area contributed by atoms with Crippen molar-refractivity contribution >= 4 is 21.2 Å². The lowest BCUT2D eigenvalue weighted by Gasteiger charge is -2.20. The van der Waals surface area contributed by atoms with Crippen LogP contribution in [0.5, 0.6) is 0 Å². The lowest BCUT2D eigenvalue weighted by molar-refractivity contribution is 0.484. The van der Waals surface area contributed by atoms with Crippen LogP contribution in [-0.4, -0.2) is 13.7 Å². The zero-order valence-corrected chi connectivity index (χ0v) is 16.9. The lowest BCUT2D eigenvalue weighted by Crippen LogP contribution is -2.23. The molecule has 1 aliphatic carbocycles. The fourth-order valence-corrected chi connectivity index (χ4v) is 7.25. The van der Waals surface area contributed by atoms with Gasteiger partial charge in [0.15, 0.2) is 9.84 Å². The van der Waals surface area contributed by atoms with E-state index in [0.29, 0.717) is 4.21 Å². The van der Waals surface area contributed by atoms with E-state index in [0.717, 1.165) is 49.0 Å². The summed E-state index contributed by atoms with van der Waals surface area (Å²) in [6.07, 6.45) is 5.72. The number of thiophene rings is 1. The molecular formula is C23H24O2S2. The molecule has 0 N–H and O–H groups in total. The largest absolute Gasteiger partial charge is 0.223 e. The summed E-state index contributed by atoms with van der Waals surface area (Å²) in [5.74, 6) is 0. The van der Waals surface area contributed by atoms with Crippen molar-refractivity contribution in [2.24, 2.45) is 0 Å². The number of rotatable bonds is 5. The Kier molecular flexibility index (Phi) is 5.46. The van der Waals surface area contributed by atoms with Crippen molar-refractivity contribution in [1.82, 2.24) is 0 Å². The average Bonchev–Trinajstić information content (AvgIpc) is 3.21. The van der Waals surface area contributed by atoms with Gasteiger partial charge in [0.25, 0.3) is 0 Å². The summed E-state index contributed by atoms with van der Waals surface area (Å²) in [6, 6.07) is 22.6. The fourth-order valence-electron chi connectivity index (χ4n) is 3.83. The first kappa shape index (κ1) is 18.5. The Morgan fingerprint density at radius 1 is 0.815 bits per heavy atom. The molecule has 27 heavy (non-hydrogen) atoms. The molecule has 4 rings (SSSR count). The molecule has 1 saturated carbocycles. The molecular weight excluding hydrogens is 372 g/mol. The number of hydrogen-bond acceptors (Lipinski definition) is 3. The molecule has 0 saturated heterocycles. The molecule has 1 heterocycles. The van der Waals surface area contributed by atoms with Gasteiger partial charge in [0.05, 0.1) is 5.25 Å². The molecule has 0 spiro atoms. The topological polar surface area (TPSA) is 34.1 Å². The molecule has 4 heteroatoms. The Morgan fingerprint density at radius 3 is 2.33 bits per heavy atom. The molecule has 1 aromatic heterocycles. The highest BCUT2D eigenvalue weighted by Gasteiger charge is 2.30. The summed E-state index contributed by atoms with van der Waals surface area (Å²) in [6.45, 7) is 0. The van der Waals surface area contributed by atoms with Gasteiger partial charge >= 0.3 is 0 Å². The second kappa shape index (κ2) is 7.99.